The molecule has 5 heteroatoms. The number of carbonyl (C=O) groups is 1. The Balaban J connectivity index is 2.49. The molecular weight excluding hydrogens is 194 g/mol. The molecule has 1 aromatic heterocycles. The molecule has 0 aromatic carbocycles. The smallest absolute Gasteiger partial charge is 0.325 e. The molecule has 0 spiro atoms. The molecular formula is C10H17N3O2. The maximum atomic E-state index is 10.9. The predicted molar refractivity (Wildman–Crippen MR) is 57.7 cm³/mol. The molecule has 0 saturated heterocycles. The summed E-state index contributed by atoms with van der Waals surface area (Å²) in [5.74, 6) is 0.397. The van der Waals surface area contributed by atoms with E-state index in [4.69, 9.17) is 0 Å². The zero-order valence-corrected chi connectivity index (χ0v) is 9.36. The van der Waals surface area contributed by atoms with Crippen LogP contribution in [0.1, 0.15) is 26.3 Å². The second-order valence-corrected chi connectivity index (χ2v) is 3.37. The molecule has 1 aromatic rings. The Hall–Kier alpha value is -1.52. The first kappa shape index (κ1) is 11.6. The minimum absolute atomic E-state index is 0.147. The van der Waals surface area contributed by atoms with Crippen molar-refractivity contribution in [2.45, 2.75) is 26.3 Å². The second-order valence-electron chi connectivity index (χ2n) is 3.37. The fourth-order valence-corrected chi connectivity index (χ4v) is 1.10. The van der Waals surface area contributed by atoms with E-state index in [1.165, 1.54) is 7.11 Å². The van der Waals surface area contributed by atoms with Crippen LogP contribution in [0.3, 0.4) is 0 Å². The molecule has 5 nitrogen and oxygen atoms in total. The Kier molecular flexibility index (Phi) is 4.15. The fourth-order valence-electron chi connectivity index (χ4n) is 1.10. The topological polar surface area (TPSA) is 56.2 Å². The van der Waals surface area contributed by atoms with Gasteiger partial charge in [0.25, 0.3) is 0 Å². The van der Waals surface area contributed by atoms with Gasteiger partial charge in [-0.1, -0.05) is 6.92 Å². The van der Waals surface area contributed by atoms with E-state index in [-0.39, 0.29) is 12.5 Å². The van der Waals surface area contributed by atoms with Gasteiger partial charge in [-0.25, -0.2) is 0 Å². The maximum Gasteiger partial charge on any atom is 0.325 e. The van der Waals surface area contributed by atoms with Crippen molar-refractivity contribution in [1.82, 2.24) is 9.78 Å². The van der Waals surface area contributed by atoms with Crippen molar-refractivity contribution in [1.29, 1.82) is 0 Å². The lowest BCUT2D eigenvalue weighted by Gasteiger charge is -2.08. The van der Waals surface area contributed by atoms with Crippen LogP contribution in [-0.4, -0.2) is 29.4 Å². The predicted octanol–water partition coefficient (Wildman–Crippen LogP) is 1.44. The molecule has 1 heterocycles. The number of esters is 1. The van der Waals surface area contributed by atoms with Crippen molar-refractivity contribution in [3.63, 3.8) is 0 Å². The Labute approximate surface area is 89.4 Å². The molecule has 0 saturated carbocycles. The van der Waals surface area contributed by atoms with Gasteiger partial charge in [0.2, 0.25) is 0 Å². The third-order valence-corrected chi connectivity index (χ3v) is 2.29. The van der Waals surface area contributed by atoms with Gasteiger partial charge in [-0.15, -0.1) is 0 Å². The van der Waals surface area contributed by atoms with E-state index in [1.807, 2.05) is 16.9 Å². The standard InChI is InChI=1S/C10H17N3O2/c1-4-8(2)13-6-5-9(12-13)11-7-10(14)15-3/h5-6,8H,4,7H2,1-3H3,(H,11,12). The summed E-state index contributed by atoms with van der Waals surface area (Å²) in [5.41, 5.74) is 0. The van der Waals surface area contributed by atoms with Crippen molar-refractivity contribution in [2.24, 2.45) is 0 Å². The van der Waals surface area contributed by atoms with Crippen molar-refractivity contribution in [3.8, 4) is 0 Å². The highest BCUT2D eigenvalue weighted by atomic mass is 16.5. The van der Waals surface area contributed by atoms with E-state index in [2.05, 4.69) is 29.0 Å². The molecule has 0 bridgehead atoms. The number of hydrogen-bond acceptors (Lipinski definition) is 4. The van der Waals surface area contributed by atoms with E-state index in [9.17, 15) is 4.79 Å². The normalized spacial score (nSPS) is 12.2. The summed E-state index contributed by atoms with van der Waals surface area (Å²) < 4.78 is 6.39. The van der Waals surface area contributed by atoms with Gasteiger partial charge in [-0.2, -0.15) is 5.10 Å². The summed E-state index contributed by atoms with van der Waals surface area (Å²) in [4.78, 5) is 10.9. The largest absolute Gasteiger partial charge is 0.468 e. The molecule has 15 heavy (non-hydrogen) atoms. The summed E-state index contributed by atoms with van der Waals surface area (Å²) in [6, 6.07) is 2.22. The van der Waals surface area contributed by atoms with Crippen LogP contribution in [0.2, 0.25) is 0 Å². The van der Waals surface area contributed by atoms with Gasteiger partial charge in [-0.3, -0.25) is 9.48 Å². The van der Waals surface area contributed by atoms with Crippen molar-refractivity contribution in [2.75, 3.05) is 19.0 Å². The fraction of sp³-hybridized carbons (Fsp3) is 0.600. The van der Waals surface area contributed by atoms with Crippen molar-refractivity contribution in [3.05, 3.63) is 12.3 Å². The second kappa shape index (κ2) is 5.38. The number of rotatable bonds is 5. The number of nitrogens with one attached hydrogen (secondary N) is 1. The molecule has 1 unspecified atom stereocenters. The number of ether oxygens (including phenoxy) is 1. The lowest BCUT2D eigenvalue weighted by Crippen LogP contribution is -2.15. The first-order valence-corrected chi connectivity index (χ1v) is 5.03. The molecule has 84 valence electrons. The maximum absolute atomic E-state index is 10.9. The van der Waals surface area contributed by atoms with Crippen molar-refractivity contribution < 1.29 is 9.53 Å². The Morgan fingerprint density at radius 2 is 2.47 bits per heavy atom. The molecule has 0 aliphatic carbocycles. The van der Waals surface area contributed by atoms with E-state index in [0.29, 0.717) is 11.9 Å². The molecule has 0 radical (unpaired) electrons. The van der Waals surface area contributed by atoms with Gasteiger partial charge in [0.1, 0.15) is 12.4 Å². The lowest BCUT2D eigenvalue weighted by atomic mass is 10.3. The average Bonchev–Trinajstić information content (AvgIpc) is 2.73. The van der Waals surface area contributed by atoms with Crippen LogP contribution in [0.25, 0.3) is 0 Å². The van der Waals surface area contributed by atoms with Crippen LogP contribution in [0.4, 0.5) is 5.82 Å². The van der Waals surface area contributed by atoms with Gasteiger partial charge in [-0.05, 0) is 13.3 Å². The molecule has 1 N–H and O–H groups in total. The Morgan fingerprint density at radius 1 is 1.73 bits per heavy atom. The average molecular weight is 211 g/mol. The molecule has 1 atom stereocenters. The van der Waals surface area contributed by atoms with Crippen LogP contribution < -0.4 is 5.32 Å². The van der Waals surface area contributed by atoms with Crippen LogP contribution >= 0.6 is 0 Å². The highest BCUT2D eigenvalue weighted by Gasteiger charge is 2.05. The number of nitrogens with zero attached hydrogens (tertiary/aromatic N) is 2. The number of anilines is 1. The van der Waals surface area contributed by atoms with Crippen molar-refractivity contribution >= 4 is 11.8 Å². The number of carbonyl (C=O) groups excluding carboxylic acids is 1. The summed E-state index contributed by atoms with van der Waals surface area (Å²) in [7, 11) is 1.36. The number of methoxy groups -OCH3 is 1. The SMILES string of the molecule is CCC(C)n1ccc(NCC(=O)OC)n1. The van der Waals surface area contributed by atoms with Gasteiger partial charge in [0.15, 0.2) is 0 Å². The summed E-state index contributed by atoms with van der Waals surface area (Å²) in [6.45, 7) is 4.35. The van der Waals surface area contributed by atoms with E-state index in [0.717, 1.165) is 6.42 Å². The number of hydrogen-bond donors (Lipinski definition) is 1. The zero-order chi connectivity index (χ0) is 11.3. The molecule has 1 rings (SSSR count). The minimum Gasteiger partial charge on any atom is -0.468 e. The summed E-state index contributed by atoms with van der Waals surface area (Å²) in [6.07, 6.45) is 2.92. The van der Waals surface area contributed by atoms with Crippen LogP contribution in [0.15, 0.2) is 12.3 Å². The van der Waals surface area contributed by atoms with Crippen LogP contribution in [0.5, 0.6) is 0 Å². The zero-order valence-electron chi connectivity index (χ0n) is 9.36. The molecule has 0 fully saturated rings. The highest BCUT2D eigenvalue weighted by molar-refractivity contribution is 5.74. The Bertz CT molecular complexity index is 322. The van der Waals surface area contributed by atoms with E-state index < -0.39 is 0 Å². The first-order valence-electron chi connectivity index (χ1n) is 5.03. The lowest BCUT2D eigenvalue weighted by molar-refractivity contribution is -0.138. The summed E-state index contributed by atoms with van der Waals surface area (Å²) in [5, 5.41) is 7.17. The molecule has 0 amide bonds. The number of aromatic nitrogens is 2. The quantitative estimate of drug-likeness (QED) is 0.749. The van der Waals surface area contributed by atoms with Gasteiger partial charge in [0, 0.05) is 18.3 Å². The minimum atomic E-state index is -0.298. The van der Waals surface area contributed by atoms with Gasteiger partial charge < -0.3 is 10.1 Å². The van der Waals surface area contributed by atoms with E-state index >= 15 is 0 Å². The van der Waals surface area contributed by atoms with Gasteiger partial charge in [0.05, 0.1) is 7.11 Å². The van der Waals surface area contributed by atoms with E-state index in [1.54, 1.807) is 0 Å². The van der Waals surface area contributed by atoms with Crippen LogP contribution in [0, 0.1) is 0 Å². The molecule has 0 aliphatic heterocycles. The molecule has 0 aliphatic rings. The van der Waals surface area contributed by atoms with Crippen LogP contribution in [-0.2, 0) is 9.53 Å². The first-order chi connectivity index (χ1) is 7.17. The Morgan fingerprint density at radius 3 is 3.07 bits per heavy atom. The monoisotopic (exact) mass is 211 g/mol. The van der Waals surface area contributed by atoms with Gasteiger partial charge >= 0.3 is 5.97 Å². The third kappa shape index (κ3) is 3.27. The third-order valence-electron chi connectivity index (χ3n) is 2.29. The summed E-state index contributed by atoms with van der Waals surface area (Å²) >= 11 is 0. The highest BCUT2D eigenvalue weighted by Crippen LogP contribution is 2.11.